The number of methoxy groups -OCH3 is 1. The van der Waals surface area contributed by atoms with Crippen LogP contribution in [0.2, 0.25) is 10.0 Å². The smallest absolute Gasteiger partial charge is 0.161 e. The highest BCUT2D eigenvalue weighted by Crippen LogP contribution is 2.34. The van der Waals surface area contributed by atoms with Crippen molar-refractivity contribution in [1.29, 1.82) is 5.41 Å². The van der Waals surface area contributed by atoms with Crippen LogP contribution in [-0.2, 0) is 0 Å². The minimum atomic E-state index is -0.0876. The molecule has 0 atom stereocenters. The number of nitrogens with two attached hydrogens (primary N) is 1. The fraction of sp³-hybridized carbons (Fsp3) is 0.316. The predicted octanol–water partition coefficient (Wildman–Crippen LogP) is 4.91. The zero-order valence-corrected chi connectivity index (χ0v) is 16.1. The maximum Gasteiger partial charge on any atom is 0.161 e. The molecule has 7 heteroatoms. The van der Waals surface area contributed by atoms with Crippen LogP contribution in [0, 0.1) is 5.41 Å². The Kier molecular flexibility index (Phi) is 7.88. The fourth-order valence-corrected chi connectivity index (χ4v) is 2.92. The van der Waals surface area contributed by atoms with Crippen molar-refractivity contribution in [2.75, 3.05) is 20.3 Å². The lowest BCUT2D eigenvalue weighted by Crippen LogP contribution is -2.11. The van der Waals surface area contributed by atoms with Gasteiger partial charge in [-0.3, -0.25) is 5.41 Å². The van der Waals surface area contributed by atoms with Crippen molar-refractivity contribution in [2.24, 2.45) is 5.73 Å². The van der Waals surface area contributed by atoms with Crippen LogP contribution in [0.4, 0.5) is 0 Å². The van der Waals surface area contributed by atoms with Gasteiger partial charge in [-0.2, -0.15) is 0 Å². The number of hydrogen-bond acceptors (Lipinski definition) is 4. The summed E-state index contributed by atoms with van der Waals surface area (Å²) in [6.45, 7) is 1.10. The lowest BCUT2D eigenvalue weighted by Gasteiger charge is -2.12. The summed E-state index contributed by atoms with van der Waals surface area (Å²) in [5.41, 5.74) is 5.91. The maximum atomic E-state index is 7.42. The Bertz CT molecular complexity index is 730. The second kappa shape index (κ2) is 10.1. The highest BCUT2D eigenvalue weighted by molar-refractivity contribution is 6.37. The normalized spacial score (nSPS) is 10.4. The molecular weight excluding hydrogens is 375 g/mol. The van der Waals surface area contributed by atoms with E-state index in [-0.39, 0.29) is 5.84 Å². The molecule has 140 valence electrons. The molecule has 0 fully saturated rings. The van der Waals surface area contributed by atoms with Crippen molar-refractivity contribution in [3.63, 3.8) is 0 Å². The van der Waals surface area contributed by atoms with Crippen LogP contribution in [-0.4, -0.2) is 26.2 Å². The van der Waals surface area contributed by atoms with Crippen LogP contribution >= 0.6 is 23.2 Å². The van der Waals surface area contributed by atoms with E-state index < -0.39 is 0 Å². The van der Waals surface area contributed by atoms with E-state index in [1.165, 1.54) is 0 Å². The standard InChI is InChI=1S/C19H22Cl2N2O3/c1-24-16-7-3-4-8-17(16)25-9-5-2-6-10-26-18-14(20)11-13(19(22)23)12-15(18)21/h3-4,7-8,11-12H,2,5-6,9-10H2,1H3,(H3,22,23). The number of halogens is 2. The molecule has 0 aliphatic rings. The molecule has 0 bridgehead atoms. The summed E-state index contributed by atoms with van der Waals surface area (Å²) in [7, 11) is 1.62. The number of benzene rings is 2. The Labute approximate surface area is 163 Å². The summed E-state index contributed by atoms with van der Waals surface area (Å²) >= 11 is 12.3. The van der Waals surface area contributed by atoms with Gasteiger partial charge in [-0.15, -0.1) is 0 Å². The molecule has 2 aromatic rings. The molecular formula is C19H22Cl2N2O3. The lowest BCUT2D eigenvalue weighted by atomic mass is 10.2. The van der Waals surface area contributed by atoms with Crippen molar-refractivity contribution in [1.82, 2.24) is 0 Å². The van der Waals surface area contributed by atoms with Gasteiger partial charge >= 0.3 is 0 Å². The van der Waals surface area contributed by atoms with Crippen molar-refractivity contribution < 1.29 is 14.2 Å². The molecule has 2 rings (SSSR count). The van der Waals surface area contributed by atoms with E-state index in [2.05, 4.69) is 0 Å². The Morgan fingerprint density at radius 2 is 1.54 bits per heavy atom. The van der Waals surface area contributed by atoms with E-state index in [0.29, 0.717) is 34.6 Å². The molecule has 5 nitrogen and oxygen atoms in total. The van der Waals surface area contributed by atoms with Gasteiger partial charge in [0.05, 0.1) is 30.4 Å². The summed E-state index contributed by atoms with van der Waals surface area (Å²) in [5.74, 6) is 1.81. The van der Waals surface area contributed by atoms with Gasteiger partial charge in [-0.1, -0.05) is 35.3 Å². The number of amidine groups is 1. The Morgan fingerprint density at radius 3 is 2.12 bits per heavy atom. The summed E-state index contributed by atoms with van der Waals surface area (Å²) in [6.07, 6.45) is 2.68. The van der Waals surface area contributed by atoms with Crippen LogP contribution in [0.25, 0.3) is 0 Å². The first-order valence-corrected chi connectivity index (χ1v) is 9.00. The summed E-state index contributed by atoms with van der Waals surface area (Å²) < 4.78 is 16.6. The van der Waals surface area contributed by atoms with E-state index in [0.717, 1.165) is 30.8 Å². The van der Waals surface area contributed by atoms with Gasteiger partial charge in [-0.25, -0.2) is 0 Å². The molecule has 26 heavy (non-hydrogen) atoms. The van der Waals surface area contributed by atoms with E-state index >= 15 is 0 Å². The maximum absolute atomic E-state index is 7.42. The topological polar surface area (TPSA) is 77.6 Å². The molecule has 0 heterocycles. The first-order chi connectivity index (χ1) is 12.5. The number of ether oxygens (including phenoxy) is 3. The largest absolute Gasteiger partial charge is 0.493 e. The second-order valence-electron chi connectivity index (χ2n) is 5.59. The Morgan fingerprint density at radius 1 is 0.962 bits per heavy atom. The predicted molar refractivity (Wildman–Crippen MR) is 105 cm³/mol. The fourth-order valence-electron chi connectivity index (χ4n) is 2.33. The second-order valence-corrected chi connectivity index (χ2v) is 6.41. The SMILES string of the molecule is COc1ccccc1OCCCCCOc1c(Cl)cc(C(=N)N)cc1Cl. The monoisotopic (exact) mass is 396 g/mol. The van der Waals surface area contributed by atoms with Crippen molar-refractivity contribution in [2.45, 2.75) is 19.3 Å². The average molecular weight is 397 g/mol. The quantitative estimate of drug-likeness (QED) is 0.339. The highest BCUT2D eigenvalue weighted by Gasteiger charge is 2.11. The molecule has 0 saturated heterocycles. The van der Waals surface area contributed by atoms with Gasteiger partial charge in [-0.05, 0) is 43.5 Å². The molecule has 0 radical (unpaired) electrons. The number of hydrogen-bond donors (Lipinski definition) is 2. The van der Waals surface area contributed by atoms with E-state index in [4.69, 9.17) is 48.6 Å². The molecule has 0 unspecified atom stereocenters. The summed E-state index contributed by atoms with van der Waals surface area (Å²) in [4.78, 5) is 0. The lowest BCUT2D eigenvalue weighted by molar-refractivity contribution is 0.270. The van der Waals surface area contributed by atoms with Gasteiger partial charge in [0.2, 0.25) is 0 Å². The van der Waals surface area contributed by atoms with Crippen molar-refractivity contribution >= 4 is 29.0 Å². The van der Waals surface area contributed by atoms with E-state index in [9.17, 15) is 0 Å². The van der Waals surface area contributed by atoms with Crippen molar-refractivity contribution in [3.8, 4) is 17.2 Å². The summed E-state index contributed by atoms with van der Waals surface area (Å²) in [6, 6.07) is 10.7. The summed E-state index contributed by atoms with van der Waals surface area (Å²) in [5, 5.41) is 8.12. The third kappa shape index (κ3) is 5.71. The van der Waals surface area contributed by atoms with E-state index in [1.54, 1.807) is 19.2 Å². The van der Waals surface area contributed by atoms with Crippen LogP contribution < -0.4 is 19.9 Å². The number of rotatable bonds is 10. The highest BCUT2D eigenvalue weighted by atomic mass is 35.5. The van der Waals surface area contributed by atoms with Crippen LogP contribution in [0.1, 0.15) is 24.8 Å². The Balaban J connectivity index is 1.70. The molecule has 0 aliphatic heterocycles. The van der Waals surface area contributed by atoms with Gasteiger partial charge in [0.15, 0.2) is 17.2 Å². The molecule has 0 aliphatic carbocycles. The van der Waals surface area contributed by atoms with Gasteiger partial charge in [0.25, 0.3) is 0 Å². The molecule has 0 aromatic heterocycles. The van der Waals surface area contributed by atoms with Crippen LogP contribution in [0.3, 0.4) is 0 Å². The molecule has 0 amide bonds. The number of nitrogen functional groups attached to an aromatic ring is 1. The third-order valence-electron chi connectivity index (χ3n) is 3.67. The van der Waals surface area contributed by atoms with E-state index in [1.807, 2.05) is 24.3 Å². The zero-order chi connectivity index (χ0) is 18.9. The number of nitrogens with one attached hydrogen (secondary N) is 1. The van der Waals surface area contributed by atoms with Gasteiger partial charge in [0.1, 0.15) is 5.84 Å². The first kappa shape index (κ1) is 20.2. The van der Waals surface area contributed by atoms with Crippen LogP contribution in [0.15, 0.2) is 36.4 Å². The number of para-hydroxylation sites is 2. The molecule has 2 aromatic carbocycles. The minimum Gasteiger partial charge on any atom is -0.493 e. The van der Waals surface area contributed by atoms with Crippen LogP contribution in [0.5, 0.6) is 17.2 Å². The molecule has 0 saturated carbocycles. The molecule has 0 spiro atoms. The third-order valence-corrected chi connectivity index (χ3v) is 4.23. The van der Waals surface area contributed by atoms with Gasteiger partial charge < -0.3 is 19.9 Å². The van der Waals surface area contributed by atoms with Crippen molar-refractivity contribution in [3.05, 3.63) is 52.0 Å². The number of unbranched alkanes of at least 4 members (excludes halogenated alkanes) is 2. The minimum absolute atomic E-state index is 0.0876. The Hall–Kier alpha value is -2.11. The average Bonchev–Trinajstić information content (AvgIpc) is 2.62. The van der Waals surface area contributed by atoms with Gasteiger partial charge in [0, 0.05) is 5.56 Å². The first-order valence-electron chi connectivity index (χ1n) is 8.25. The zero-order valence-electron chi connectivity index (χ0n) is 14.6. The molecule has 3 N–H and O–H groups in total.